The highest BCUT2D eigenvalue weighted by Gasteiger charge is 2.87. The molecule has 46 heavy (non-hydrogen) atoms. The van der Waals surface area contributed by atoms with Crippen molar-refractivity contribution in [3.8, 4) is 0 Å². The highest BCUT2D eigenvalue weighted by Crippen LogP contribution is 2.88. The third kappa shape index (κ3) is 2.38. The average Bonchev–Trinajstić information content (AvgIpc) is 3.57. The smallest absolute Gasteiger partial charge is 0.228 e. The van der Waals surface area contributed by atoms with Gasteiger partial charge in [-0.2, -0.15) is 0 Å². The van der Waals surface area contributed by atoms with Crippen LogP contribution in [-0.2, 0) is 9.53 Å². The molecule has 4 heteroatoms. The number of rotatable bonds is 0. The number of amides is 1. The van der Waals surface area contributed by atoms with Crippen LogP contribution in [0.25, 0.3) is 0 Å². The van der Waals surface area contributed by atoms with Gasteiger partial charge in [0.15, 0.2) is 0 Å². The van der Waals surface area contributed by atoms with Gasteiger partial charge >= 0.3 is 0 Å². The lowest BCUT2D eigenvalue weighted by Crippen LogP contribution is -2.69. The molecule has 11 fully saturated rings. The first-order valence-electron chi connectivity index (χ1n) is 20.1. The number of hydrogen-bond donors (Lipinski definition) is 0. The molecule has 0 aromatic rings. The van der Waals surface area contributed by atoms with Crippen molar-refractivity contribution in [2.24, 2.45) is 73.9 Å². The number of hydrogen-bond acceptors (Lipinski definition) is 3. The molecule has 3 unspecified atom stereocenters. The summed E-state index contributed by atoms with van der Waals surface area (Å²) < 4.78 is 8.17. The van der Waals surface area contributed by atoms with Crippen LogP contribution in [0, 0.1) is 73.9 Å². The molecule has 0 aromatic heterocycles. The number of ether oxygens (including phenoxy) is 1. The highest BCUT2D eigenvalue weighted by molar-refractivity contribution is 5.85. The van der Waals surface area contributed by atoms with Crippen LogP contribution in [0.15, 0.2) is 22.8 Å². The van der Waals surface area contributed by atoms with Gasteiger partial charge in [0.1, 0.15) is 0 Å². The van der Waals surface area contributed by atoms with Gasteiger partial charge in [-0.05, 0) is 160 Å². The summed E-state index contributed by atoms with van der Waals surface area (Å²) >= 11 is 0. The van der Waals surface area contributed by atoms with E-state index in [0.717, 1.165) is 41.9 Å². The molecule has 0 N–H and O–H groups in total. The molecule has 12 aliphatic carbocycles. The fourth-order valence-corrected chi connectivity index (χ4v) is 19.8. The zero-order valence-corrected chi connectivity index (χ0v) is 29.0. The number of allylic oxidation sites excluding steroid dienone is 2. The largest absolute Gasteiger partial charge is 0.370 e. The predicted octanol–water partition coefficient (Wildman–Crippen LogP) is 7.39. The van der Waals surface area contributed by atoms with Gasteiger partial charge in [0.2, 0.25) is 5.91 Å². The molecule has 16 atom stereocenters. The highest BCUT2D eigenvalue weighted by atomic mass is 16.5. The zero-order valence-electron chi connectivity index (χ0n) is 29.0. The van der Waals surface area contributed by atoms with Crippen molar-refractivity contribution in [3.05, 3.63) is 22.8 Å². The van der Waals surface area contributed by atoms with Crippen LogP contribution in [0.2, 0.25) is 0 Å². The molecule has 0 radical (unpaired) electrons. The first-order valence-corrected chi connectivity index (χ1v) is 20.1. The standard InChI is InChI=1S/C42H56N2O2/c1-36-18-23(20-43(3)22-36)14-25-26(36)6-10-38-19-30-28(17-27(25)38)41(30)13-12-40(46-34(38)41)21-39-11-7-31-37(2)8-5-9-42(31)32(39)16-24(40)15-29(39)33(42)44(4)35(37)45/h17,23-24,28-34H,5-16,18-22H2,1-4H3/t23-,24+,28-,29?,30?,31-,32-,33?,34+,36+,37-,38-,39-,40+,41-,42+/m1/s1. The van der Waals surface area contributed by atoms with E-state index >= 15 is 0 Å². The first-order chi connectivity index (χ1) is 22.0. The second-order valence-corrected chi connectivity index (χ2v) is 21.3. The van der Waals surface area contributed by atoms with Crippen molar-refractivity contribution in [1.82, 2.24) is 9.80 Å². The lowest BCUT2D eigenvalue weighted by Gasteiger charge is -2.69. The molecular formula is C42H56N2O2. The molecule has 3 saturated heterocycles. The summed E-state index contributed by atoms with van der Waals surface area (Å²) in [5.74, 6) is 6.01. The van der Waals surface area contributed by atoms with Crippen LogP contribution in [0.5, 0.6) is 0 Å². The molecule has 5 spiro atoms. The van der Waals surface area contributed by atoms with E-state index < -0.39 is 0 Å². The summed E-state index contributed by atoms with van der Waals surface area (Å²) in [6.45, 7) is 7.57. The van der Waals surface area contributed by atoms with E-state index in [4.69, 9.17) is 4.74 Å². The van der Waals surface area contributed by atoms with E-state index in [0.29, 0.717) is 51.0 Å². The molecule has 3 heterocycles. The second-order valence-electron chi connectivity index (χ2n) is 21.3. The minimum atomic E-state index is -0.0994. The van der Waals surface area contributed by atoms with E-state index in [1.165, 1.54) is 103 Å². The van der Waals surface area contributed by atoms with Crippen molar-refractivity contribution in [2.45, 2.75) is 128 Å². The minimum absolute atomic E-state index is 0.0994. The predicted molar refractivity (Wildman–Crippen MR) is 176 cm³/mol. The minimum Gasteiger partial charge on any atom is -0.370 e. The lowest BCUT2D eigenvalue weighted by molar-refractivity contribution is -0.283. The number of carbonyl (C=O) groups is 1. The quantitative estimate of drug-likeness (QED) is 0.283. The topological polar surface area (TPSA) is 32.8 Å². The zero-order chi connectivity index (χ0) is 30.6. The summed E-state index contributed by atoms with van der Waals surface area (Å²) in [5.41, 5.74) is 7.62. The number of likely N-dealkylation sites (tertiary alicyclic amines) is 2. The number of carbonyl (C=O) groups excluding carboxylic acids is 1. The number of fused-ring (bicyclic) bond motifs is 3. The SMILES string of the molecule is CN1C[C@@H]2CC3=C(CC[C@@]45CC6[C@@H](C=C34)[C@]63CC[C@@]4(C[C@]67CC[C@H]8[C@]9%10CCC[C@@]8(C)C(=O)N(C)C9C6C[C@H]4C[C@H]7%10)O[C@@H]53)[C@@](C)(C2)C1. The average molecular weight is 621 g/mol. The van der Waals surface area contributed by atoms with Gasteiger partial charge in [0.05, 0.1) is 11.7 Å². The van der Waals surface area contributed by atoms with E-state index in [1.807, 2.05) is 16.7 Å². The van der Waals surface area contributed by atoms with Crippen molar-refractivity contribution in [1.29, 1.82) is 0 Å². The van der Waals surface area contributed by atoms with Gasteiger partial charge in [-0.25, -0.2) is 0 Å². The Balaban J connectivity index is 0.896. The summed E-state index contributed by atoms with van der Waals surface area (Å²) in [7, 11) is 4.61. The van der Waals surface area contributed by atoms with E-state index in [2.05, 4.69) is 43.8 Å². The lowest BCUT2D eigenvalue weighted by atomic mass is 9.38. The third-order valence-corrected chi connectivity index (χ3v) is 20.4. The fourth-order valence-electron chi connectivity index (χ4n) is 19.8. The molecule has 15 rings (SSSR count). The third-order valence-electron chi connectivity index (χ3n) is 20.4. The maximum Gasteiger partial charge on any atom is 0.228 e. The van der Waals surface area contributed by atoms with Crippen molar-refractivity contribution in [2.75, 3.05) is 27.2 Å². The van der Waals surface area contributed by atoms with E-state index in [1.54, 1.807) is 0 Å². The Morgan fingerprint density at radius 1 is 0.935 bits per heavy atom. The summed E-state index contributed by atoms with van der Waals surface area (Å²) in [6, 6.07) is 0.515. The van der Waals surface area contributed by atoms with Gasteiger partial charge in [-0.1, -0.05) is 31.9 Å². The van der Waals surface area contributed by atoms with Gasteiger partial charge in [-0.3, -0.25) is 4.79 Å². The summed E-state index contributed by atoms with van der Waals surface area (Å²) in [5, 5.41) is 0. The van der Waals surface area contributed by atoms with Gasteiger partial charge in [0, 0.05) is 47.8 Å². The molecule has 1 amide bonds. The normalized spacial score (nSPS) is 65.5. The van der Waals surface area contributed by atoms with Gasteiger partial charge in [0.25, 0.3) is 0 Å². The summed E-state index contributed by atoms with van der Waals surface area (Å²) in [4.78, 5) is 19.2. The molecule has 8 saturated carbocycles. The second kappa shape index (κ2) is 7.33. The molecule has 246 valence electrons. The van der Waals surface area contributed by atoms with Crippen LogP contribution in [0.1, 0.15) is 110 Å². The molecule has 4 nitrogen and oxygen atoms in total. The Kier molecular flexibility index (Phi) is 4.26. The van der Waals surface area contributed by atoms with Gasteiger partial charge < -0.3 is 14.5 Å². The number of nitrogens with zero attached hydrogens (tertiary/aromatic N) is 2. The van der Waals surface area contributed by atoms with Crippen LogP contribution < -0.4 is 0 Å². The van der Waals surface area contributed by atoms with Crippen LogP contribution in [0.3, 0.4) is 0 Å². The van der Waals surface area contributed by atoms with E-state index in [9.17, 15) is 4.79 Å². The van der Waals surface area contributed by atoms with Crippen molar-refractivity contribution < 1.29 is 9.53 Å². The monoisotopic (exact) mass is 620 g/mol. The van der Waals surface area contributed by atoms with Crippen LogP contribution >= 0.6 is 0 Å². The molecule has 12 bridgehead atoms. The van der Waals surface area contributed by atoms with Crippen LogP contribution in [0.4, 0.5) is 0 Å². The fraction of sp³-hybridized carbons (Fsp3) is 0.881. The molecule has 0 aromatic carbocycles. The van der Waals surface area contributed by atoms with Crippen molar-refractivity contribution in [3.63, 3.8) is 0 Å². The van der Waals surface area contributed by atoms with Gasteiger partial charge in [-0.15, -0.1) is 0 Å². The Morgan fingerprint density at radius 3 is 2.72 bits per heavy atom. The maximum absolute atomic E-state index is 14.1. The molecular weight excluding hydrogens is 564 g/mol. The van der Waals surface area contributed by atoms with Crippen LogP contribution in [-0.4, -0.2) is 60.6 Å². The van der Waals surface area contributed by atoms with Crippen molar-refractivity contribution >= 4 is 5.91 Å². The number of piperidine rings is 2. The molecule has 3 aliphatic heterocycles. The molecule has 15 aliphatic rings. The maximum atomic E-state index is 14.1. The Bertz CT molecular complexity index is 1630. The first kappa shape index (κ1) is 26.7. The van der Waals surface area contributed by atoms with E-state index in [-0.39, 0.29) is 11.0 Å². The Labute approximate surface area is 276 Å². The Hall–Kier alpha value is -1.13. The Morgan fingerprint density at radius 2 is 1.83 bits per heavy atom. The summed E-state index contributed by atoms with van der Waals surface area (Å²) in [6.07, 6.45) is 23.8.